The molecule has 1 N–H and O–H groups in total. The Labute approximate surface area is 112 Å². The molecule has 0 unspecified atom stereocenters. The van der Waals surface area contributed by atoms with Crippen LogP contribution in [-0.4, -0.2) is 4.98 Å². The maximum atomic E-state index is 6.09. The molecular formula is C16H16ClN. The Bertz CT molecular complexity index is 697. The number of fused-ring (bicyclic) bond motifs is 3. The maximum Gasteiger partial charge on any atom is 0.0497 e. The number of aryl methyl sites for hydroxylation is 1. The van der Waals surface area contributed by atoms with Gasteiger partial charge >= 0.3 is 0 Å². The molecule has 2 heteroatoms. The fourth-order valence-corrected chi connectivity index (χ4v) is 2.70. The Morgan fingerprint density at radius 3 is 2.83 bits per heavy atom. The minimum absolute atomic E-state index is 0.794. The molecule has 0 spiro atoms. The van der Waals surface area contributed by atoms with Gasteiger partial charge in [0.05, 0.1) is 0 Å². The van der Waals surface area contributed by atoms with Gasteiger partial charge in [-0.25, -0.2) is 0 Å². The van der Waals surface area contributed by atoms with Crippen molar-refractivity contribution in [3.8, 4) is 0 Å². The Morgan fingerprint density at radius 2 is 2.00 bits per heavy atom. The molecule has 0 amide bonds. The molecule has 18 heavy (non-hydrogen) atoms. The third-order valence-corrected chi connectivity index (χ3v) is 3.72. The lowest BCUT2D eigenvalue weighted by Crippen LogP contribution is -1.86. The minimum Gasteiger partial charge on any atom is -0.354 e. The molecule has 0 atom stereocenters. The summed E-state index contributed by atoms with van der Waals surface area (Å²) in [5.74, 6) is 0. The van der Waals surface area contributed by atoms with Gasteiger partial charge in [0.2, 0.25) is 0 Å². The third kappa shape index (κ3) is 1.89. The van der Waals surface area contributed by atoms with Crippen LogP contribution in [0.2, 0.25) is 5.02 Å². The van der Waals surface area contributed by atoms with Crippen LogP contribution >= 0.6 is 11.6 Å². The van der Waals surface area contributed by atoms with Crippen molar-refractivity contribution in [2.45, 2.75) is 26.2 Å². The summed E-state index contributed by atoms with van der Waals surface area (Å²) < 4.78 is 0. The lowest BCUT2D eigenvalue weighted by atomic mass is 10.0. The molecule has 0 bridgehead atoms. The highest BCUT2D eigenvalue weighted by Gasteiger charge is 2.07. The summed E-state index contributed by atoms with van der Waals surface area (Å²) in [5.41, 5.74) is 3.84. The molecule has 2 aromatic carbocycles. The first kappa shape index (κ1) is 11.6. The number of benzene rings is 2. The van der Waals surface area contributed by atoms with Gasteiger partial charge in [-0.05, 0) is 36.6 Å². The number of rotatable bonds is 3. The van der Waals surface area contributed by atoms with E-state index in [0.717, 1.165) is 11.4 Å². The number of nitrogens with one attached hydrogen (secondary N) is 1. The van der Waals surface area contributed by atoms with E-state index >= 15 is 0 Å². The van der Waals surface area contributed by atoms with Gasteiger partial charge in [0.25, 0.3) is 0 Å². The average Bonchev–Trinajstić information content (AvgIpc) is 2.75. The predicted molar refractivity (Wildman–Crippen MR) is 79.4 cm³/mol. The minimum atomic E-state index is 0.794. The monoisotopic (exact) mass is 257 g/mol. The molecule has 0 saturated heterocycles. The van der Waals surface area contributed by atoms with E-state index in [2.05, 4.69) is 36.2 Å². The third-order valence-electron chi connectivity index (χ3n) is 3.48. The lowest BCUT2D eigenvalue weighted by Gasteiger charge is -2.01. The number of aromatic amines is 1. The number of H-pyrrole nitrogens is 1. The lowest BCUT2D eigenvalue weighted by molar-refractivity contribution is 0.798. The molecule has 3 rings (SSSR count). The van der Waals surface area contributed by atoms with E-state index in [0.29, 0.717) is 0 Å². The normalized spacial score (nSPS) is 11.4. The van der Waals surface area contributed by atoms with Crippen molar-refractivity contribution in [2.75, 3.05) is 0 Å². The molecule has 1 heterocycles. The second-order valence-electron chi connectivity index (χ2n) is 4.76. The van der Waals surface area contributed by atoms with Crippen molar-refractivity contribution >= 4 is 33.4 Å². The predicted octanol–water partition coefficient (Wildman–Crippen LogP) is 5.32. The Kier molecular flexibility index (Phi) is 3.00. The van der Waals surface area contributed by atoms with Crippen LogP contribution in [0.15, 0.2) is 36.4 Å². The van der Waals surface area contributed by atoms with Crippen molar-refractivity contribution in [2.24, 2.45) is 0 Å². The molecule has 0 aliphatic carbocycles. The van der Waals surface area contributed by atoms with Crippen LogP contribution in [-0.2, 0) is 6.42 Å². The number of para-hydroxylation sites is 1. The van der Waals surface area contributed by atoms with Crippen LogP contribution in [0.5, 0.6) is 0 Å². The molecule has 3 aromatic rings. The largest absolute Gasteiger partial charge is 0.354 e. The second kappa shape index (κ2) is 4.66. The van der Waals surface area contributed by atoms with Gasteiger partial charge in [-0.2, -0.15) is 0 Å². The molecule has 0 aliphatic rings. The van der Waals surface area contributed by atoms with Crippen molar-refractivity contribution in [1.82, 2.24) is 4.98 Å². The highest BCUT2D eigenvalue weighted by molar-refractivity contribution is 6.31. The average molecular weight is 258 g/mol. The summed E-state index contributed by atoms with van der Waals surface area (Å²) in [6.45, 7) is 2.23. The number of hydrogen-bond donors (Lipinski definition) is 1. The first-order chi connectivity index (χ1) is 8.79. The van der Waals surface area contributed by atoms with Gasteiger partial charge in [-0.1, -0.05) is 43.1 Å². The summed E-state index contributed by atoms with van der Waals surface area (Å²) in [6, 6.07) is 12.6. The summed E-state index contributed by atoms with van der Waals surface area (Å²) in [5, 5.41) is 3.29. The first-order valence-corrected chi connectivity index (χ1v) is 6.86. The molecule has 0 fully saturated rings. The Balaban J connectivity index is 2.25. The highest BCUT2D eigenvalue weighted by Crippen LogP contribution is 2.30. The molecule has 92 valence electrons. The summed E-state index contributed by atoms with van der Waals surface area (Å²) in [6.07, 6.45) is 3.59. The van der Waals surface area contributed by atoms with E-state index in [9.17, 15) is 0 Å². The number of unbranched alkanes of at least 4 members (excludes halogenated alkanes) is 1. The Hall–Kier alpha value is -1.47. The van der Waals surface area contributed by atoms with Crippen LogP contribution in [0.4, 0.5) is 0 Å². The van der Waals surface area contributed by atoms with E-state index in [4.69, 9.17) is 11.6 Å². The van der Waals surface area contributed by atoms with Crippen LogP contribution in [0.1, 0.15) is 25.3 Å². The highest BCUT2D eigenvalue weighted by atomic mass is 35.5. The van der Waals surface area contributed by atoms with E-state index < -0.39 is 0 Å². The number of hydrogen-bond acceptors (Lipinski definition) is 0. The first-order valence-electron chi connectivity index (χ1n) is 6.48. The van der Waals surface area contributed by atoms with E-state index in [1.54, 1.807) is 0 Å². The molecule has 0 radical (unpaired) electrons. The standard InChI is InChI=1S/C16H16ClN/c1-2-3-5-11-6-4-7-13-14-10-12(17)8-9-15(14)18-16(11)13/h4,6-10,18H,2-3,5H2,1H3. The van der Waals surface area contributed by atoms with Crippen LogP contribution in [0.25, 0.3) is 21.8 Å². The van der Waals surface area contributed by atoms with Crippen LogP contribution in [0.3, 0.4) is 0 Å². The van der Waals surface area contributed by atoms with Gasteiger partial charge in [0.1, 0.15) is 0 Å². The zero-order valence-corrected chi connectivity index (χ0v) is 11.2. The summed E-state index contributed by atoms with van der Waals surface area (Å²) in [4.78, 5) is 3.52. The van der Waals surface area contributed by atoms with Crippen LogP contribution in [0, 0.1) is 0 Å². The van der Waals surface area contributed by atoms with Gasteiger partial charge in [0.15, 0.2) is 0 Å². The summed E-state index contributed by atoms with van der Waals surface area (Å²) >= 11 is 6.09. The zero-order chi connectivity index (χ0) is 12.5. The SMILES string of the molecule is CCCCc1cccc2c1[nH]c1ccc(Cl)cc12. The van der Waals surface area contributed by atoms with Crippen molar-refractivity contribution < 1.29 is 0 Å². The van der Waals surface area contributed by atoms with Gasteiger partial charge in [-0.15, -0.1) is 0 Å². The van der Waals surface area contributed by atoms with Gasteiger partial charge < -0.3 is 4.98 Å². The molecule has 0 aliphatic heterocycles. The molecule has 0 saturated carbocycles. The van der Waals surface area contributed by atoms with Crippen molar-refractivity contribution in [3.05, 3.63) is 47.0 Å². The van der Waals surface area contributed by atoms with E-state index in [-0.39, 0.29) is 0 Å². The Morgan fingerprint density at radius 1 is 1.11 bits per heavy atom. The van der Waals surface area contributed by atoms with Gasteiger partial charge in [0, 0.05) is 26.8 Å². The fourth-order valence-electron chi connectivity index (χ4n) is 2.53. The van der Waals surface area contributed by atoms with Crippen molar-refractivity contribution in [1.29, 1.82) is 0 Å². The van der Waals surface area contributed by atoms with Crippen molar-refractivity contribution in [3.63, 3.8) is 0 Å². The van der Waals surface area contributed by atoms with Gasteiger partial charge in [-0.3, -0.25) is 0 Å². The number of halogens is 1. The summed E-state index contributed by atoms with van der Waals surface area (Å²) in [7, 11) is 0. The second-order valence-corrected chi connectivity index (χ2v) is 5.19. The quantitative estimate of drug-likeness (QED) is 0.654. The molecular weight excluding hydrogens is 242 g/mol. The van der Waals surface area contributed by atoms with Crippen LogP contribution < -0.4 is 0 Å². The zero-order valence-electron chi connectivity index (χ0n) is 10.5. The molecule has 1 aromatic heterocycles. The smallest absolute Gasteiger partial charge is 0.0497 e. The number of aromatic nitrogens is 1. The maximum absolute atomic E-state index is 6.09. The van der Waals surface area contributed by atoms with E-state index in [1.165, 1.54) is 40.2 Å². The molecule has 1 nitrogen and oxygen atoms in total. The topological polar surface area (TPSA) is 15.8 Å². The fraction of sp³-hybridized carbons (Fsp3) is 0.250. The van der Waals surface area contributed by atoms with E-state index in [1.807, 2.05) is 12.1 Å².